The Balaban J connectivity index is 2.52. The summed E-state index contributed by atoms with van der Waals surface area (Å²) in [5.41, 5.74) is 5.69. The van der Waals surface area contributed by atoms with Crippen molar-refractivity contribution in [2.24, 2.45) is 5.73 Å². The normalized spacial score (nSPS) is 25.4. The first-order valence-electron chi connectivity index (χ1n) is 4.23. The van der Waals surface area contributed by atoms with Gasteiger partial charge in [0.25, 0.3) is 0 Å². The fourth-order valence-electron chi connectivity index (χ4n) is 1.53. The molecule has 3 heteroatoms. The van der Waals surface area contributed by atoms with E-state index in [1.807, 2.05) is 0 Å². The van der Waals surface area contributed by atoms with E-state index in [2.05, 4.69) is 6.92 Å². The minimum absolute atomic E-state index is 0.00579. The van der Waals surface area contributed by atoms with Gasteiger partial charge in [0, 0.05) is 13.7 Å². The predicted octanol–water partition coefficient (Wildman–Crippen LogP) is 1.58. The summed E-state index contributed by atoms with van der Waals surface area (Å²) in [7, 11) is 1.85. The van der Waals surface area contributed by atoms with Crippen LogP contribution in [0, 0.1) is 0 Å². The van der Waals surface area contributed by atoms with E-state index in [1.54, 1.807) is 7.11 Å². The van der Waals surface area contributed by atoms with Gasteiger partial charge in [0.05, 0.1) is 5.34 Å². The molecular formula is C8H18NOP. The highest BCUT2D eigenvalue weighted by Gasteiger charge is 2.34. The van der Waals surface area contributed by atoms with E-state index in [9.17, 15) is 0 Å². The summed E-state index contributed by atoms with van der Waals surface area (Å²) < 4.78 is 5.47. The summed E-state index contributed by atoms with van der Waals surface area (Å²) in [6.45, 7) is 2.83. The SMILES string of the molecule is COC(C)(CN)P1CCCC1. The molecule has 1 aliphatic rings. The van der Waals surface area contributed by atoms with Gasteiger partial charge in [-0.15, -0.1) is 0 Å². The molecule has 0 bridgehead atoms. The number of hydrogen-bond donors (Lipinski definition) is 1. The smallest absolute Gasteiger partial charge is 0.0958 e. The lowest BCUT2D eigenvalue weighted by molar-refractivity contribution is 0.0888. The molecule has 1 saturated heterocycles. The molecule has 11 heavy (non-hydrogen) atoms. The molecule has 0 aliphatic carbocycles. The Hall–Kier alpha value is 0.350. The number of nitrogens with two attached hydrogens (primary N) is 1. The Kier molecular flexibility index (Phi) is 3.29. The van der Waals surface area contributed by atoms with Crippen molar-refractivity contribution in [2.75, 3.05) is 26.0 Å². The van der Waals surface area contributed by atoms with Crippen LogP contribution >= 0.6 is 7.92 Å². The van der Waals surface area contributed by atoms with Gasteiger partial charge in [0.15, 0.2) is 0 Å². The van der Waals surface area contributed by atoms with Gasteiger partial charge < -0.3 is 10.5 Å². The summed E-state index contributed by atoms with van der Waals surface area (Å²) in [4.78, 5) is 0. The van der Waals surface area contributed by atoms with Crippen LogP contribution in [-0.2, 0) is 4.74 Å². The summed E-state index contributed by atoms with van der Waals surface area (Å²) in [6, 6.07) is 0. The van der Waals surface area contributed by atoms with Crippen LogP contribution in [0.1, 0.15) is 19.8 Å². The number of rotatable bonds is 3. The number of methoxy groups -OCH3 is 1. The monoisotopic (exact) mass is 175 g/mol. The molecule has 66 valence electrons. The maximum atomic E-state index is 5.69. The highest BCUT2D eigenvalue weighted by atomic mass is 31.1. The van der Waals surface area contributed by atoms with Crippen LogP contribution in [0.25, 0.3) is 0 Å². The van der Waals surface area contributed by atoms with Gasteiger partial charge in [-0.05, 0) is 32.1 Å². The molecule has 0 aromatic rings. The third-order valence-electron chi connectivity index (χ3n) is 2.59. The van der Waals surface area contributed by atoms with Crippen molar-refractivity contribution in [3.8, 4) is 0 Å². The van der Waals surface area contributed by atoms with Crippen LogP contribution in [0.15, 0.2) is 0 Å². The van der Waals surface area contributed by atoms with Crippen molar-refractivity contribution in [3.63, 3.8) is 0 Å². The fourth-order valence-corrected chi connectivity index (χ4v) is 4.43. The molecule has 0 radical (unpaired) electrons. The topological polar surface area (TPSA) is 35.2 Å². The van der Waals surface area contributed by atoms with Crippen molar-refractivity contribution < 1.29 is 4.74 Å². The predicted molar refractivity (Wildman–Crippen MR) is 50.4 cm³/mol. The third-order valence-corrected chi connectivity index (χ3v) is 6.01. The molecule has 0 spiro atoms. The van der Waals surface area contributed by atoms with Crippen LogP contribution in [-0.4, -0.2) is 31.3 Å². The molecule has 1 aliphatic heterocycles. The van der Waals surface area contributed by atoms with Gasteiger partial charge in [-0.1, -0.05) is 7.92 Å². The molecule has 1 fully saturated rings. The molecule has 1 unspecified atom stereocenters. The van der Waals surface area contributed by atoms with Crippen molar-refractivity contribution in [2.45, 2.75) is 25.1 Å². The second kappa shape index (κ2) is 3.84. The van der Waals surface area contributed by atoms with Gasteiger partial charge >= 0.3 is 0 Å². The molecule has 1 atom stereocenters. The van der Waals surface area contributed by atoms with Crippen LogP contribution in [0.2, 0.25) is 0 Å². The van der Waals surface area contributed by atoms with E-state index in [0.29, 0.717) is 6.54 Å². The zero-order valence-corrected chi connectivity index (χ0v) is 8.36. The minimum Gasteiger partial charge on any atom is -0.373 e. The van der Waals surface area contributed by atoms with E-state index >= 15 is 0 Å². The Morgan fingerprint density at radius 2 is 2.00 bits per heavy atom. The average Bonchev–Trinajstić information content (AvgIpc) is 2.55. The van der Waals surface area contributed by atoms with Crippen LogP contribution in [0.5, 0.6) is 0 Å². The average molecular weight is 175 g/mol. The van der Waals surface area contributed by atoms with E-state index in [-0.39, 0.29) is 13.3 Å². The van der Waals surface area contributed by atoms with E-state index in [1.165, 1.54) is 25.2 Å². The molecule has 0 amide bonds. The Morgan fingerprint density at radius 1 is 1.45 bits per heavy atom. The lowest BCUT2D eigenvalue weighted by Crippen LogP contribution is -2.35. The Labute approximate surface area is 70.2 Å². The molecule has 1 heterocycles. The number of ether oxygens (including phenoxy) is 1. The van der Waals surface area contributed by atoms with E-state index in [0.717, 1.165) is 0 Å². The summed E-state index contributed by atoms with van der Waals surface area (Å²) in [5.74, 6) is 0. The van der Waals surface area contributed by atoms with Crippen molar-refractivity contribution >= 4 is 7.92 Å². The van der Waals surface area contributed by atoms with Gasteiger partial charge in [-0.25, -0.2) is 0 Å². The molecule has 2 N–H and O–H groups in total. The lowest BCUT2D eigenvalue weighted by atomic mass is 10.4. The zero-order chi connectivity index (χ0) is 8.32. The quantitative estimate of drug-likeness (QED) is 0.661. The minimum atomic E-state index is 0.00579. The van der Waals surface area contributed by atoms with Gasteiger partial charge in [0.1, 0.15) is 0 Å². The maximum absolute atomic E-state index is 5.69. The molecule has 0 saturated carbocycles. The zero-order valence-electron chi connectivity index (χ0n) is 7.47. The Morgan fingerprint density at radius 3 is 2.36 bits per heavy atom. The van der Waals surface area contributed by atoms with Crippen LogP contribution in [0.4, 0.5) is 0 Å². The molecule has 0 aromatic carbocycles. The standard InChI is InChI=1S/C8H18NOP/c1-8(7-9,10-2)11-5-3-4-6-11/h3-7,9H2,1-2H3. The molecule has 1 rings (SSSR count). The van der Waals surface area contributed by atoms with Crippen LogP contribution < -0.4 is 5.73 Å². The van der Waals surface area contributed by atoms with Crippen molar-refractivity contribution in [3.05, 3.63) is 0 Å². The largest absolute Gasteiger partial charge is 0.373 e. The molecule has 2 nitrogen and oxygen atoms in total. The first-order valence-corrected chi connectivity index (χ1v) is 5.94. The summed E-state index contributed by atoms with van der Waals surface area (Å²) in [5, 5.41) is 0.00579. The van der Waals surface area contributed by atoms with Crippen molar-refractivity contribution in [1.82, 2.24) is 0 Å². The second-order valence-electron chi connectivity index (χ2n) is 3.28. The lowest BCUT2D eigenvalue weighted by Gasteiger charge is -2.33. The highest BCUT2D eigenvalue weighted by molar-refractivity contribution is 7.59. The van der Waals surface area contributed by atoms with Gasteiger partial charge in [0.2, 0.25) is 0 Å². The van der Waals surface area contributed by atoms with E-state index in [4.69, 9.17) is 10.5 Å². The molecular weight excluding hydrogens is 157 g/mol. The van der Waals surface area contributed by atoms with Crippen molar-refractivity contribution in [1.29, 1.82) is 0 Å². The van der Waals surface area contributed by atoms with E-state index < -0.39 is 0 Å². The van der Waals surface area contributed by atoms with Gasteiger partial charge in [-0.3, -0.25) is 0 Å². The fraction of sp³-hybridized carbons (Fsp3) is 1.00. The highest BCUT2D eigenvalue weighted by Crippen LogP contribution is 2.54. The van der Waals surface area contributed by atoms with Gasteiger partial charge in [-0.2, -0.15) is 0 Å². The summed E-state index contributed by atoms with van der Waals surface area (Å²) >= 11 is 0. The van der Waals surface area contributed by atoms with Crippen LogP contribution in [0.3, 0.4) is 0 Å². The number of hydrogen-bond acceptors (Lipinski definition) is 2. The first-order chi connectivity index (χ1) is 5.23. The molecule has 0 aromatic heterocycles. The second-order valence-corrected chi connectivity index (χ2v) is 6.20. The summed E-state index contributed by atoms with van der Waals surface area (Å²) in [6.07, 6.45) is 5.48. The third kappa shape index (κ3) is 1.93. The first kappa shape index (κ1) is 9.44. The maximum Gasteiger partial charge on any atom is 0.0958 e. The Bertz CT molecular complexity index is 119.